The molecule has 2 heterocycles. The average Bonchev–Trinajstić information content (AvgIpc) is 3.30. The van der Waals surface area contributed by atoms with Crippen LogP contribution in [-0.2, 0) is 0 Å². The van der Waals surface area contributed by atoms with Gasteiger partial charge in [0, 0.05) is 29.1 Å². The third-order valence-electron chi connectivity index (χ3n) is 7.46. The molecule has 0 fully saturated rings. The second-order valence-corrected chi connectivity index (χ2v) is 9.54. The van der Waals surface area contributed by atoms with Crippen molar-refractivity contribution >= 4 is 23.3 Å². The molecule has 1 N–H and O–H groups in total. The van der Waals surface area contributed by atoms with Gasteiger partial charge < -0.3 is 10.0 Å². The smallest absolute Gasteiger partial charge is 0.335 e. The average molecular weight is 442 g/mol. The lowest BCUT2D eigenvalue weighted by atomic mass is 9.71. The molecule has 3 aliphatic rings. The van der Waals surface area contributed by atoms with E-state index >= 15 is 0 Å². The standard InChI is InChI=1S/C28H24ClNO2/c29-20-11-9-18(10-12-20)26-23-8-4-7-22(23)25-16-19(28(31)32)15-24-21(13-14-30(26)27(24)25)17-5-2-1-3-6-17/h1-7,9-12,15-16,21-23,26H,8,13-14H2,(H,31,32)/t21-,22+,23-,26+/m0/s1. The molecular formula is C28H24ClNO2. The number of fused-ring (bicyclic) bond motifs is 2. The van der Waals surface area contributed by atoms with Crippen LogP contribution < -0.4 is 4.90 Å². The largest absolute Gasteiger partial charge is 0.478 e. The first-order valence-electron chi connectivity index (χ1n) is 11.3. The molecule has 0 spiro atoms. The highest BCUT2D eigenvalue weighted by Gasteiger charge is 2.45. The molecule has 0 aromatic heterocycles. The molecule has 3 aromatic rings. The van der Waals surface area contributed by atoms with Crippen molar-refractivity contribution < 1.29 is 9.90 Å². The van der Waals surface area contributed by atoms with Crippen molar-refractivity contribution in [2.45, 2.75) is 30.7 Å². The molecule has 32 heavy (non-hydrogen) atoms. The second-order valence-electron chi connectivity index (χ2n) is 9.10. The summed E-state index contributed by atoms with van der Waals surface area (Å²) in [6.45, 7) is 0.947. The van der Waals surface area contributed by atoms with Crippen LogP contribution in [0.25, 0.3) is 0 Å². The molecular weight excluding hydrogens is 418 g/mol. The first kappa shape index (κ1) is 19.6. The van der Waals surface area contributed by atoms with Gasteiger partial charge in [-0.15, -0.1) is 0 Å². The highest BCUT2D eigenvalue weighted by molar-refractivity contribution is 6.30. The number of carboxylic acids is 1. The van der Waals surface area contributed by atoms with Crippen molar-refractivity contribution in [1.82, 2.24) is 0 Å². The number of halogens is 1. The van der Waals surface area contributed by atoms with E-state index in [4.69, 9.17) is 11.6 Å². The molecule has 0 saturated heterocycles. The lowest BCUT2D eigenvalue weighted by Gasteiger charge is -2.50. The van der Waals surface area contributed by atoms with Crippen LogP contribution in [0.1, 0.15) is 63.3 Å². The van der Waals surface area contributed by atoms with Crippen molar-refractivity contribution in [1.29, 1.82) is 0 Å². The summed E-state index contributed by atoms with van der Waals surface area (Å²) in [4.78, 5) is 14.6. The number of carbonyl (C=O) groups is 1. The fourth-order valence-electron chi connectivity index (χ4n) is 6.15. The van der Waals surface area contributed by atoms with Gasteiger partial charge in [-0.25, -0.2) is 4.79 Å². The molecule has 0 radical (unpaired) electrons. The lowest BCUT2D eigenvalue weighted by molar-refractivity contribution is 0.0696. The summed E-state index contributed by atoms with van der Waals surface area (Å²) < 4.78 is 0. The van der Waals surface area contributed by atoms with Crippen LogP contribution in [0.15, 0.2) is 78.9 Å². The number of aromatic carboxylic acids is 1. The van der Waals surface area contributed by atoms with Crippen LogP contribution in [0, 0.1) is 5.92 Å². The molecule has 4 atom stereocenters. The number of hydrogen-bond acceptors (Lipinski definition) is 2. The zero-order chi connectivity index (χ0) is 21.8. The van der Waals surface area contributed by atoms with Crippen molar-refractivity contribution in [2.24, 2.45) is 5.92 Å². The van der Waals surface area contributed by atoms with Crippen LogP contribution in [-0.4, -0.2) is 17.6 Å². The number of carboxylic acid groups (broad SMARTS) is 1. The molecule has 6 rings (SSSR count). The Morgan fingerprint density at radius 3 is 2.47 bits per heavy atom. The summed E-state index contributed by atoms with van der Waals surface area (Å²) in [6, 6.07) is 22.9. The summed E-state index contributed by atoms with van der Waals surface area (Å²) in [5.74, 6) is -0.0250. The molecule has 0 amide bonds. The third kappa shape index (κ3) is 2.99. The van der Waals surface area contributed by atoms with Gasteiger partial charge in [0.25, 0.3) is 0 Å². The van der Waals surface area contributed by atoms with Gasteiger partial charge >= 0.3 is 5.97 Å². The number of hydrogen-bond donors (Lipinski definition) is 1. The summed E-state index contributed by atoms with van der Waals surface area (Å²) >= 11 is 6.20. The van der Waals surface area contributed by atoms with Gasteiger partial charge in [-0.05, 0) is 65.3 Å². The van der Waals surface area contributed by atoms with Gasteiger partial charge in [0.15, 0.2) is 0 Å². The van der Waals surface area contributed by atoms with E-state index in [2.05, 4.69) is 53.5 Å². The predicted molar refractivity (Wildman–Crippen MR) is 128 cm³/mol. The number of nitrogens with zero attached hydrogens (tertiary/aromatic N) is 1. The van der Waals surface area contributed by atoms with E-state index in [1.807, 2.05) is 30.3 Å². The summed E-state index contributed by atoms with van der Waals surface area (Å²) in [7, 11) is 0. The summed E-state index contributed by atoms with van der Waals surface area (Å²) in [5, 5.41) is 10.7. The Kier molecular flexibility index (Phi) is 4.62. The minimum Gasteiger partial charge on any atom is -0.478 e. The zero-order valence-electron chi connectivity index (χ0n) is 17.6. The van der Waals surface area contributed by atoms with E-state index in [0.29, 0.717) is 11.5 Å². The molecule has 0 saturated carbocycles. The fraction of sp³-hybridized carbons (Fsp3) is 0.250. The molecule has 1 aliphatic carbocycles. The highest BCUT2D eigenvalue weighted by atomic mass is 35.5. The van der Waals surface area contributed by atoms with Gasteiger partial charge in [-0.1, -0.05) is 66.2 Å². The Bertz CT molecular complexity index is 1220. The Morgan fingerprint density at radius 1 is 0.969 bits per heavy atom. The van der Waals surface area contributed by atoms with Crippen LogP contribution in [0.2, 0.25) is 5.02 Å². The predicted octanol–water partition coefficient (Wildman–Crippen LogP) is 6.79. The summed E-state index contributed by atoms with van der Waals surface area (Å²) in [5.41, 5.74) is 6.49. The van der Waals surface area contributed by atoms with Gasteiger partial charge in [0.05, 0.1) is 11.6 Å². The van der Waals surface area contributed by atoms with Gasteiger partial charge in [-0.3, -0.25) is 0 Å². The van der Waals surface area contributed by atoms with E-state index in [1.54, 1.807) is 0 Å². The van der Waals surface area contributed by atoms with Gasteiger partial charge in [-0.2, -0.15) is 0 Å². The zero-order valence-corrected chi connectivity index (χ0v) is 18.4. The van der Waals surface area contributed by atoms with Gasteiger partial charge in [0.2, 0.25) is 0 Å². The quantitative estimate of drug-likeness (QED) is 0.454. The Morgan fingerprint density at radius 2 is 1.72 bits per heavy atom. The molecule has 3 aromatic carbocycles. The second kappa shape index (κ2) is 7.53. The Labute approximate surface area is 193 Å². The van der Waals surface area contributed by atoms with Crippen molar-refractivity contribution in [3.63, 3.8) is 0 Å². The highest BCUT2D eigenvalue weighted by Crippen LogP contribution is 2.57. The van der Waals surface area contributed by atoms with Crippen LogP contribution in [0.4, 0.5) is 5.69 Å². The lowest BCUT2D eigenvalue weighted by Crippen LogP contribution is -2.43. The molecule has 0 bridgehead atoms. The van der Waals surface area contributed by atoms with Gasteiger partial charge in [0.1, 0.15) is 0 Å². The van der Waals surface area contributed by atoms with E-state index in [-0.39, 0.29) is 17.9 Å². The number of allylic oxidation sites excluding steroid dienone is 2. The normalized spacial score (nSPS) is 25.3. The van der Waals surface area contributed by atoms with Crippen molar-refractivity contribution in [2.75, 3.05) is 11.4 Å². The Hall–Kier alpha value is -3.04. The first-order chi connectivity index (χ1) is 15.6. The SMILES string of the molecule is O=C(O)c1cc2c3c(c1)[C@@H]1C=CC[C@@H]1[C@@H](c1ccc(Cl)cc1)N3CC[C@H]2c1ccccc1. The maximum Gasteiger partial charge on any atom is 0.335 e. The molecule has 2 aliphatic heterocycles. The summed E-state index contributed by atoms with van der Waals surface area (Å²) in [6.07, 6.45) is 6.53. The molecule has 160 valence electrons. The van der Waals surface area contributed by atoms with Crippen molar-refractivity contribution in [3.8, 4) is 0 Å². The fourth-order valence-corrected chi connectivity index (χ4v) is 6.28. The van der Waals surface area contributed by atoms with Crippen LogP contribution in [0.5, 0.6) is 0 Å². The maximum absolute atomic E-state index is 12.1. The molecule has 3 nitrogen and oxygen atoms in total. The molecule has 0 unspecified atom stereocenters. The van der Waals surface area contributed by atoms with E-state index in [9.17, 15) is 9.90 Å². The van der Waals surface area contributed by atoms with E-state index in [0.717, 1.165) is 30.0 Å². The Balaban J connectivity index is 1.58. The first-order valence-corrected chi connectivity index (χ1v) is 11.6. The van der Waals surface area contributed by atoms with Crippen LogP contribution >= 0.6 is 11.6 Å². The minimum atomic E-state index is -0.855. The van der Waals surface area contributed by atoms with E-state index in [1.165, 1.54) is 22.4 Å². The number of rotatable bonds is 3. The number of anilines is 1. The topological polar surface area (TPSA) is 40.5 Å². The number of benzene rings is 3. The minimum absolute atomic E-state index is 0.202. The molecule has 4 heteroatoms. The monoisotopic (exact) mass is 441 g/mol. The van der Waals surface area contributed by atoms with Crippen molar-refractivity contribution in [3.05, 3.63) is 112 Å². The maximum atomic E-state index is 12.1. The third-order valence-corrected chi connectivity index (χ3v) is 7.72. The van der Waals surface area contributed by atoms with Crippen LogP contribution in [0.3, 0.4) is 0 Å². The van der Waals surface area contributed by atoms with E-state index < -0.39 is 5.97 Å².